The third-order valence-electron chi connectivity index (χ3n) is 5.47. The maximum absolute atomic E-state index is 13.5. The molecule has 4 aromatic rings. The Kier molecular flexibility index (Phi) is 7.31. The molecule has 0 bridgehead atoms. The molecule has 180 valence electrons. The topological polar surface area (TPSA) is 73.8 Å². The lowest BCUT2D eigenvalue weighted by molar-refractivity contribution is -0.114. The molecule has 7 nitrogen and oxygen atoms in total. The number of aromatic nitrogens is 2. The first-order valence-corrected chi connectivity index (χ1v) is 11.8. The predicted molar refractivity (Wildman–Crippen MR) is 140 cm³/mol. The predicted octanol–water partition coefficient (Wildman–Crippen LogP) is 5.58. The summed E-state index contributed by atoms with van der Waals surface area (Å²) in [6, 6.07) is 11.6. The molecule has 0 aliphatic heterocycles. The number of fused-ring (bicyclic) bond motifs is 1. The molecule has 4 rings (SSSR count). The van der Waals surface area contributed by atoms with Crippen LogP contribution in [0.1, 0.15) is 22.3 Å². The number of methoxy groups -OCH3 is 3. The minimum absolute atomic E-state index is 0.198. The fourth-order valence-electron chi connectivity index (χ4n) is 3.85. The Morgan fingerprint density at radius 3 is 2.43 bits per heavy atom. The molecule has 0 aliphatic rings. The van der Waals surface area contributed by atoms with Crippen LogP contribution in [-0.2, 0) is 11.3 Å². The standard InChI is InChI=1S/C27H27N3O4S/c1-17-11-18(2)26-21(12-17)29-27(35-26)30(16-20-7-6-10-28-15-20)24(31)9-8-19-13-22(32-3)25(34-5)23(14-19)33-4/h6-15H,16H2,1-5H3/b9-8+. The number of hydrogen-bond donors (Lipinski definition) is 0. The Hall–Kier alpha value is -3.91. The Morgan fingerprint density at radius 2 is 1.80 bits per heavy atom. The van der Waals surface area contributed by atoms with Crippen LogP contribution in [-0.4, -0.2) is 37.2 Å². The van der Waals surface area contributed by atoms with Gasteiger partial charge in [0.1, 0.15) is 0 Å². The van der Waals surface area contributed by atoms with E-state index in [-0.39, 0.29) is 5.91 Å². The van der Waals surface area contributed by atoms with Gasteiger partial charge in [0.05, 0.1) is 38.1 Å². The van der Waals surface area contributed by atoms with Gasteiger partial charge in [-0.2, -0.15) is 0 Å². The lowest BCUT2D eigenvalue weighted by Gasteiger charge is -2.18. The molecule has 0 unspecified atom stereocenters. The van der Waals surface area contributed by atoms with Crippen molar-refractivity contribution in [1.29, 1.82) is 0 Å². The molecule has 2 aromatic heterocycles. The highest BCUT2D eigenvalue weighted by molar-refractivity contribution is 7.22. The molecule has 1 amide bonds. The van der Waals surface area contributed by atoms with Crippen LogP contribution in [0, 0.1) is 13.8 Å². The average molecular weight is 490 g/mol. The van der Waals surface area contributed by atoms with Crippen molar-refractivity contribution in [3.05, 3.63) is 77.1 Å². The van der Waals surface area contributed by atoms with E-state index in [1.807, 2.05) is 25.1 Å². The van der Waals surface area contributed by atoms with Gasteiger partial charge in [0.2, 0.25) is 5.75 Å². The lowest BCUT2D eigenvalue weighted by Crippen LogP contribution is -2.28. The van der Waals surface area contributed by atoms with E-state index in [0.717, 1.165) is 32.5 Å². The van der Waals surface area contributed by atoms with E-state index in [2.05, 4.69) is 18.0 Å². The monoisotopic (exact) mass is 489 g/mol. The minimum Gasteiger partial charge on any atom is -0.493 e. The molecule has 2 aromatic carbocycles. The largest absolute Gasteiger partial charge is 0.493 e. The molecular weight excluding hydrogens is 462 g/mol. The van der Waals surface area contributed by atoms with Crippen LogP contribution in [0.15, 0.2) is 54.9 Å². The number of anilines is 1. The van der Waals surface area contributed by atoms with Gasteiger partial charge >= 0.3 is 0 Å². The van der Waals surface area contributed by atoms with E-state index in [0.29, 0.717) is 28.9 Å². The molecule has 0 saturated carbocycles. The summed E-state index contributed by atoms with van der Waals surface area (Å²) in [5.41, 5.74) is 4.82. The van der Waals surface area contributed by atoms with Gasteiger partial charge in [-0.15, -0.1) is 0 Å². The van der Waals surface area contributed by atoms with Crippen LogP contribution in [0.3, 0.4) is 0 Å². The number of nitrogens with zero attached hydrogens (tertiary/aromatic N) is 3. The quantitative estimate of drug-likeness (QED) is 0.301. The molecule has 2 heterocycles. The normalized spacial score (nSPS) is 11.1. The molecule has 0 spiro atoms. The second-order valence-electron chi connectivity index (χ2n) is 8.00. The third-order valence-corrected chi connectivity index (χ3v) is 6.70. The SMILES string of the molecule is COc1cc(/C=C/C(=O)N(Cc2cccnc2)c2nc3cc(C)cc(C)c3s2)cc(OC)c1OC. The number of carbonyl (C=O) groups is 1. The zero-order chi connectivity index (χ0) is 24.9. The van der Waals surface area contributed by atoms with Crippen LogP contribution < -0.4 is 19.1 Å². The Morgan fingerprint density at radius 1 is 1.06 bits per heavy atom. The molecule has 8 heteroatoms. The fraction of sp³-hybridized carbons (Fsp3) is 0.222. The molecule has 0 saturated heterocycles. The van der Waals surface area contributed by atoms with Crippen molar-refractivity contribution >= 4 is 38.7 Å². The molecule has 35 heavy (non-hydrogen) atoms. The van der Waals surface area contributed by atoms with E-state index < -0.39 is 0 Å². The van der Waals surface area contributed by atoms with Crippen LogP contribution in [0.2, 0.25) is 0 Å². The summed E-state index contributed by atoms with van der Waals surface area (Å²) in [6.07, 6.45) is 6.72. The van der Waals surface area contributed by atoms with Gasteiger partial charge in [-0.1, -0.05) is 23.5 Å². The molecule has 0 radical (unpaired) electrons. The highest BCUT2D eigenvalue weighted by Gasteiger charge is 2.20. The lowest BCUT2D eigenvalue weighted by atomic mass is 10.1. The maximum Gasteiger partial charge on any atom is 0.253 e. The highest BCUT2D eigenvalue weighted by Crippen LogP contribution is 2.38. The number of rotatable bonds is 8. The number of amides is 1. The molecule has 0 N–H and O–H groups in total. The van der Waals surface area contributed by atoms with Gasteiger partial charge < -0.3 is 14.2 Å². The summed E-state index contributed by atoms with van der Waals surface area (Å²) in [5, 5.41) is 0.636. The van der Waals surface area contributed by atoms with Crippen LogP contribution >= 0.6 is 11.3 Å². The van der Waals surface area contributed by atoms with Crippen molar-refractivity contribution in [3.8, 4) is 17.2 Å². The van der Waals surface area contributed by atoms with Crippen molar-refractivity contribution in [2.45, 2.75) is 20.4 Å². The molecule has 0 fully saturated rings. The van der Waals surface area contributed by atoms with Crippen molar-refractivity contribution < 1.29 is 19.0 Å². The second-order valence-corrected chi connectivity index (χ2v) is 8.98. The first-order chi connectivity index (χ1) is 16.9. The van der Waals surface area contributed by atoms with E-state index in [1.54, 1.807) is 56.8 Å². The van der Waals surface area contributed by atoms with Gasteiger partial charge in [-0.25, -0.2) is 4.98 Å². The summed E-state index contributed by atoms with van der Waals surface area (Å²) in [4.78, 5) is 24.1. The van der Waals surface area contributed by atoms with Crippen LogP contribution in [0.5, 0.6) is 17.2 Å². The van der Waals surface area contributed by atoms with Crippen molar-refractivity contribution in [3.63, 3.8) is 0 Å². The number of hydrogen-bond acceptors (Lipinski definition) is 7. The van der Waals surface area contributed by atoms with E-state index in [9.17, 15) is 4.79 Å². The summed E-state index contributed by atoms with van der Waals surface area (Å²) >= 11 is 1.51. The first kappa shape index (κ1) is 24.2. The molecule has 0 aliphatic carbocycles. The van der Waals surface area contributed by atoms with Crippen molar-refractivity contribution in [1.82, 2.24) is 9.97 Å². The highest BCUT2D eigenvalue weighted by atomic mass is 32.1. The van der Waals surface area contributed by atoms with Crippen LogP contribution in [0.4, 0.5) is 5.13 Å². The van der Waals surface area contributed by atoms with Crippen molar-refractivity contribution in [2.24, 2.45) is 0 Å². The average Bonchev–Trinajstić information content (AvgIpc) is 3.29. The van der Waals surface area contributed by atoms with E-state index in [1.165, 1.54) is 17.4 Å². The van der Waals surface area contributed by atoms with E-state index in [4.69, 9.17) is 19.2 Å². The zero-order valence-electron chi connectivity index (χ0n) is 20.4. The number of ether oxygens (including phenoxy) is 3. The first-order valence-electron chi connectivity index (χ1n) is 11.0. The molecule has 0 atom stereocenters. The smallest absolute Gasteiger partial charge is 0.253 e. The number of thiazole rings is 1. The summed E-state index contributed by atoms with van der Waals surface area (Å²) in [6.45, 7) is 4.46. The Balaban J connectivity index is 1.71. The maximum atomic E-state index is 13.5. The number of benzene rings is 2. The Labute approximate surface area is 208 Å². The van der Waals surface area contributed by atoms with Crippen LogP contribution in [0.25, 0.3) is 16.3 Å². The number of aryl methyl sites for hydroxylation is 2. The van der Waals surface area contributed by atoms with Gasteiger partial charge in [0.25, 0.3) is 5.91 Å². The van der Waals surface area contributed by atoms with Gasteiger partial charge in [0.15, 0.2) is 16.6 Å². The minimum atomic E-state index is -0.198. The van der Waals surface area contributed by atoms with Gasteiger partial charge in [-0.3, -0.25) is 14.7 Å². The fourth-order valence-corrected chi connectivity index (χ4v) is 4.87. The number of pyridine rings is 1. The second kappa shape index (κ2) is 10.6. The number of carbonyl (C=O) groups excluding carboxylic acids is 1. The van der Waals surface area contributed by atoms with Gasteiger partial charge in [-0.05, 0) is 66.4 Å². The molecular formula is C27H27N3O4S. The third kappa shape index (κ3) is 5.27. The van der Waals surface area contributed by atoms with Gasteiger partial charge in [0, 0.05) is 18.5 Å². The summed E-state index contributed by atoms with van der Waals surface area (Å²) < 4.78 is 17.3. The summed E-state index contributed by atoms with van der Waals surface area (Å²) in [5.74, 6) is 1.33. The summed E-state index contributed by atoms with van der Waals surface area (Å²) in [7, 11) is 4.67. The van der Waals surface area contributed by atoms with Crippen molar-refractivity contribution in [2.75, 3.05) is 26.2 Å². The Bertz CT molecular complexity index is 1360. The van der Waals surface area contributed by atoms with E-state index >= 15 is 0 Å². The zero-order valence-corrected chi connectivity index (χ0v) is 21.2.